The molecular weight excluding hydrogens is 611 g/mol. The van der Waals surface area contributed by atoms with E-state index in [0.717, 1.165) is 49.1 Å². The number of hydrogen-bond donors (Lipinski definition) is 5. The Kier molecular flexibility index (Phi) is 11.4. The standard InChI is InChI=1S/C32H39N6O7P/c1-43-29-21-27(44-19-5-16-38-17-13-26(14-18-38)45-46(40,41)42)20-28-30(29)31(35-22-34-28)33-15-12-23-8-10-25(11-9-23)37-32(39)36-24-6-3-2-4-7-24/h2-4,6-11,20-22,26H,5,12-19H2,1H3,(H,33,34,35)(H2,36,37,39)(H2,40,41,42). The molecular formula is C32H39N6O7P. The number of methoxy groups -OCH3 is 1. The molecule has 0 atom stereocenters. The van der Waals surface area contributed by atoms with E-state index in [4.69, 9.17) is 23.8 Å². The zero-order chi connectivity index (χ0) is 32.4. The van der Waals surface area contributed by atoms with Gasteiger partial charge in [-0.3, -0.25) is 4.52 Å². The van der Waals surface area contributed by atoms with Gasteiger partial charge in [0.1, 0.15) is 23.6 Å². The third-order valence-corrected chi connectivity index (χ3v) is 8.13. The van der Waals surface area contributed by atoms with Crippen molar-refractivity contribution in [3.05, 3.63) is 78.6 Å². The minimum Gasteiger partial charge on any atom is -0.496 e. The Bertz CT molecular complexity index is 1630. The number of carbonyl (C=O) groups excluding carboxylic acids is 1. The van der Waals surface area contributed by atoms with Crippen LogP contribution in [-0.4, -0.2) is 76.7 Å². The van der Waals surface area contributed by atoms with Crippen LogP contribution in [0.1, 0.15) is 24.8 Å². The second-order valence-electron chi connectivity index (χ2n) is 10.9. The van der Waals surface area contributed by atoms with E-state index < -0.39 is 13.9 Å². The van der Waals surface area contributed by atoms with Crippen LogP contribution in [-0.2, 0) is 15.5 Å². The number of para-hydroxylation sites is 1. The van der Waals surface area contributed by atoms with Crippen molar-refractivity contribution in [2.75, 3.05) is 55.8 Å². The molecule has 244 valence electrons. The Morgan fingerprint density at radius 2 is 1.72 bits per heavy atom. The molecule has 0 saturated carbocycles. The van der Waals surface area contributed by atoms with Crippen molar-refractivity contribution in [2.45, 2.75) is 31.8 Å². The average molecular weight is 651 g/mol. The van der Waals surface area contributed by atoms with Gasteiger partial charge in [0.2, 0.25) is 0 Å². The summed E-state index contributed by atoms with van der Waals surface area (Å²) in [6.45, 7) is 3.37. The maximum atomic E-state index is 12.3. The lowest BCUT2D eigenvalue weighted by atomic mass is 10.1. The number of benzene rings is 3. The van der Waals surface area contributed by atoms with Crippen molar-refractivity contribution in [1.29, 1.82) is 0 Å². The summed E-state index contributed by atoms with van der Waals surface area (Å²) in [6.07, 6.45) is 3.80. The zero-order valence-electron chi connectivity index (χ0n) is 25.6. The van der Waals surface area contributed by atoms with Crippen molar-refractivity contribution >= 4 is 41.9 Å². The number of rotatable bonds is 14. The number of phosphoric acid groups is 1. The third kappa shape index (κ3) is 9.87. The number of carbonyl (C=O) groups is 1. The van der Waals surface area contributed by atoms with Gasteiger partial charge < -0.3 is 40.1 Å². The van der Waals surface area contributed by atoms with Gasteiger partial charge in [-0.25, -0.2) is 19.3 Å². The van der Waals surface area contributed by atoms with Crippen LogP contribution in [0.25, 0.3) is 10.9 Å². The molecule has 46 heavy (non-hydrogen) atoms. The summed E-state index contributed by atoms with van der Waals surface area (Å²) in [6, 6.07) is 20.4. The van der Waals surface area contributed by atoms with Gasteiger partial charge in [-0.1, -0.05) is 30.3 Å². The molecule has 1 fully saturated rings. The first-order valence-electron chi connectivity index (χ1n) is 15.1. The Labute approximate surface area is 267 Å². The van der Waals surface area contributed by atoms with E-state index in [1.165, 1.54) is 6.33 Å². The minimum absolute atomic E-state index is 0.301. The number of nitrogens with zero attached hydrogens (tertiary/aromatic N) is 3. The summed E-state index contributed by atoms with van der Waals surface area (Å²) < 4.78 is 27.6. The van der Waals surface area contributed by atoms with E-state index in [2.05, 4.69) is 30.8 Å². The van der Waals surface area contributed by atoms with Crippen molar-refractivity contribution in [3.63, 3.8) is 0 Å². The van der Waals surface area contributed by atoms with Gasteiger partial charge in [-0.05, 0) is 55.5 Å². The van der Waals surface area contributed by atoms with E-state index in [-0.39, 0.29) is 6.03 Å². The topological polar surface area (TPSA) is 167 Å². The number of urea groups is 1. The minimum atomic E-state index is -4.45. The monoisotopic (exact) mass is 650 g/mol. The molecule has 1 aliphatic rings. The maximum absolute atomic E-state index is 12.3. The van der Waals surface area contributed by atoms with Gasteiger partial charge in [-0.2, -0.15) is 0 Å². The number of hydrogen-bond acceptors (Lipinski definition) is 9. The molecule has 0 aliphatic carbocycles. The normalized spacial score (nSPS) is 14.2. The Hall–Kier alpha value is -4.26. The summed E-state index contributed by atoms with van der Waals surface area (Å²) in [7, 11) is -2.85. The number of fused-ring (bicyclic) bond motifs is 1. The molecule has 3 aromatic carbocycles. The maximum Gasteiger partial charge on any atom is 0.469 e. The SMILES string of the molecule is COc1cc(OCCCN2CCC(OP(=O)(O)O)CC2)cc2ncnc(NCCc3ccc(NC(=O)Nc4ccccc4)cc3)c12. The van der Waals surface area contributed by atoms with Gasteiger partial charge >= 0.3 is 13.9 Å². The first-order valence-corrected chi connectivity index (χ1v) is 16.7. The summed E-state index contributed by atoms with van der Waals surface area (Å²) >= 11 is 0. The molecule has 0 spiro atoms. The third-order valence-electron chi connectivity index (χ3n) is 7.55. The Balaban J connectivity index is 1.09. The van der Waals surface area contributed by atoms with Gasteiger partial charge in [-0.15, -0.1) is 0 Å². The highest BCUT2D eigenvalue weighted by molar-refractivity contribution is 7.46. The highest BCUT2D eigenvalue weighted by Gasteiger charge is 2.26. The number of anilines is 3. The summed E-state index contributed by atoms with van der Waals surface area (Å²) in [5.41, 5.74) is 3.22. The molecule has 1 aliphatic heterocycles. The molecule has 0 bridgehead atoms. The molecule has 0 radical (unpaired) electrons. The number of aromatic nitrogens is 2. The van der Waals surface area contributed by atoms with Crippen molar-refractivity contribution < 1.29 is 33.1 Å². The number of likely N-dealkylation sites (tertiary alicyclic amines) is 1. The van der Waals surface area contributed by atoms with E-state index in [9.17, 15) is 9.36 Å². The van der Waals surface area contributed by atoms with Crippen LogP contribution < -0.4 is 25.4 Å². The predicted molar refractivity (Wildman–Crippen MR) is 177 cm³/mol. The molecule has 4 aromatic rings. The van der Waals surface area contributed by atoms with Crippen LogP contribution in [0.4, 0.5) is 22.0 Å². The first-order chi connectivity index (χ1) is 22.3. The number of nitrogens with one attached hydrogen (secondary N) is 3. The summed E-state index contributed by atoms with van der Waals surface area (Å²) in [5, 5.41) is 9.81. The van der Waals surface area contributed by atoms with Crippen LogP contribution in [0.2, 0.25) is 0 Å². The van der Waals surface area contributed by atoms with E-state index in [1.807, 2.05) is 66.7 Å². The Morgan fingerprint density at radius 3 is 2.41 bits per heavy atom. The number of phosphoric ester groups is 1. The molecule has 1 aromatic heterocycles. The van der Waals surface area contributed by atoms with E-state index >= 15 is 0 Å². The quantitative estimate of drug-likeness (QED) is 0.0890. The van der Waals surface area contributed by atoms with Crippen molar-refractivity contribution in [3.8, 4) is 11.5 Å². The predicted octanol–water partition coefficient (Wildman–Crippen LogP) is 5.28. The van der Waals surface area contributed by atoms with Crippen molar-refractivity contribution in [1.82, 2.24) is 14.9 Å². The highest BCUT2D eigenvalue weighted by atomic mass is 31.2. The number of amides is 2. The lowest BCUT2D eigenvalue weighted by Gasteiger charge is -2.31. The number of ether oxygens (including phenoxy) is 2. The summed E-state index contributed by atoms with van der Waals surface area (Å²) in [4.78, 5) is 41.4. The largest absolute Gasteiger partial charge is 0.496 e. The van der Waals surface area contributed by atoms with Crippen LogP contribution in [0, 0.1) is 0 Å². The second kappa shape index (κ2) is 15.8. The van der Waals surface area contributed by atoms with E-state index in [1.54, 1.807) is 7.11 Å². The van der Waals surface area contributed by atoms with Crippen LogP contribution in [0.15, 0.2) is 73.1 Å². The number of piperidine rings is 1. The van der Waals surface area contributed by atoms with Gasteiger partial charge in [0, 0.05) is 49.7 Å². The molecule has 2 heterocycles. The lowest BCUT2D eigenvalue weighted by Crippen LogP contribution is -2.37. The average Bonchev–Trinajstić information content (AvgIpc) is 3.04. The van der Waals surface area contributed by atoms with Crippen LogP contribution in [0.5, 0.6) is 11.5 Å². The zero-order valence-corrected chi connectivity index (χ0v) is 26.5. The molecule has 5 rings (SSSR count). The van der Waals surface area contributed by atoms with Crippen LogP contribution in [0.3, 0.4) is 0 Å². The fourth-order valence-corrected chi connectivity index (χ4v) is 5.91. The summed E-state index contributed by atoms with van der Waals surface area (Å²) in [5.74, 6) is 1.91. The Morgan fingerprint density at radius 1 is 1.00 bits per heavy atom. The van der Waals surface area contributed by atoms with Gasteiger partial charge in [0.05, 0.1) is 30.7 Å². The highest BCUT2D eigenvalue weighted by Crippen LogP contribution is 2.39. The molecule has 0 unspecified atom stereocenters. The lowest BCUT2D eigenvalue weighted by molar-refractivity contribution is 0.0694. The first kappa shape index (κ1) is 33.1. The fourth-order valence-electron chi connectivity index (χ4n) is 5.31. The molecule has 13 nitrogen and oxygen atoms in total. The molecule has 1 saturated heterocycles. The van der Waals surface area contributed by atoms with Gasteiger partial charge in [0.15, 0.2) is 0 Å². The fraction of sp³-hybridized carbons (Fsp3) is 0.344. The van der Waals surface area contributed by atoms with Gasteiger partial charge in [0.25, 0.3) is 0 Å². The molecule has 5 N–H and O–H groups in total. The molecule has 2 amide bonds. The van der Waals surface area contributed by atoms with Crippen molar-refractivity contribution in [2.24, 2.45) is 0 Å². The van der Waals surface area contributed by atoms with Crippen LogP contribution >= 0.6 is 7.82 Å². The molecule has 14 heteroatoms. The smallest absolute Gasteiger partial charge is 0.469 e. The second-order valence-corrected chi connectivity index (χ2v) is 12.1. The van der Waals surface area contributed by atoms with E-state index in [0.29, 0.717) is 54.5 Å².